The maximum atomic E-state index is 13.9. The lowest BCUT2D eigenvalue weighted by atomic mass is 9.84. The summed E-state index contributed by atoms with van der Waals surface area (Å²) in [6.07, 6.45) is 5.18. The van der Waals surface area contributed by atoms with Crippen molar-refractivity contribution in [2.24, 2.45) is 5.92 Å². The predicted molar refractivity (Wildman–Crippen MR) is 89.8 cm³/mol. The fourth-order valence-electron chi connectivity index (χ4n) is 3.49. The summed E-state index contributed by atoms with van der Waals surface area (Å²) in [6.45, 7) is 2.29. The van der Waals surface area contributed by atoms with Gasteiger partial charge in [-0.3, -0.25) is 9.69 Å². The molecule has 0 radical (unpaired) electrons. The van der Waals surface area contributed by atoms with E-state index in [2.05, 4.69) is 4.90 Å². The van der Waals surface area contributed by atoms with Crippen LogP contribution in [0, 0.1) is 11.7 Å². The SMILES string of the molecule is CN(C(=O)C1CCC1)C1CCN(Cc2c(F)cccc2Cl)CC1. The summed E-state index contributed by atoms with van der Waals surface area (Å²) < 4.78 is 13.9. The summed E-state index contributed by atoms with van der Waals surface area (Å²) in [7, 11) is 1.94. The molecule has 126 valence electrons. The number of hydrogen-bond acceptors (Lipinski definition) is 2. The number of benzene rings is 1. The predicted octanol–water partition coefficient (Wildman–Crippen LogP) is 3.70. The molecule has 3 nitrogen and oxygen atoms in total. The van der Waals surface area contributed by atoms with Crippen LogP contribution in [0.5, 0.6) is 0 Å². The lowest BCUT2D eigenvalue weighted by Gasteiger charge is -2.39. The van der Waals surface area contributed by atoms with Gasteiger partial charge in [0.1, 0.15) is 5.82 Å². The first-order chi connectivity index (χ1) is 11.1. The summed E-state index contributed by atoms with van der Waals surface area (Å²) in [5.74, 6) is 0.332. The highest BCUT2D eigenvalue weighted by molar-refractivity contribution is 6.31. The van der Waals surface area contributed by atoms with E-state index in [1.807, 2.05) is 11.9 Å². The Morgan fingerprint density at radius 1 is 1.30 bits per heavy atom. The summed E-state index contributed by atoms with van der Waals surface area (Å²) in [5.41, 5.74) is 0.575. The third-order valence-electron chi connectivity index (χ3n) is 5.35. The Morgan fingerprint density at radius 2 is 2.00 bits per heavy atom. The molecular weight excluding hydrogens is 315 g/mol. The molecule has 1 amide bonds. The van der Waals surface area contributed by atoms with Crippen LogP contribution in [0.3, 0.4) is 0 Å². The van der Waals surface area contributed by atoms with Gasteiger partial charge in [0.15, 0.2) is 0 Å². The number of rotatable bonds is 4. The first-order valence-corrected chi connectivity index (χ1v) is 8.86. The Bertz CT molecular complexity index is 548. The van der Waals surface area contributed by atoms with Crippen molar-refractivity contribution >= 4 is 17.5 Å². The number of piperidine rings is 1. The number of nitrogens with zero attached hydrogens (tertiary/aromatic N) is 2. The van der Waals surface area contributed by atoms with E-state index in [4.69, 9.17) is 11.6 Å². The molecule has 1 heterocycles. The van der Waals surface area contributed by atoms with Crippen LogP contribution in [0.4, 0.5) is 4.39 Å². The Balaban J connectivity index is 1.53. The number of amides is 1. The number of carbonyl (C=O) groups excluding carboxylic acids is 1. The quantitative estimate of drug-likeness (QED) is 0.835. The lowest BCUT2D eigenvalue weighted by Crippen LogP contribution is -2.48. The largest absolute Gasteiger partial charge is 0.342 e. The normalized spacial score (nSPS) is 20.3. The molecule has 2 aliphatic rings. The monoisotopic (exact) mass is 338 g/mol. The lowest BCUT2D eigenvalue weighted by molar-refractivity contribution is -0.139. The molecule has 0 bridgehead atoms. The third-order valence-corrected chi connectivity index (χ3v) is 5.70. The molecule has 5 heteroatoms. The van der Waals surface area contributed by atoms with Gasteiger partial charge in [0.25, 0.3) is 0 Å². The number of likely N-dealkylation sites (tertiary alicyclic amines) is 1. The number of hydrogen-bond donors (Lipinski definition) is 0. The molecule has 1 aliphatic heterocycles. The molecule has 0 atom stereocenters. The minimum atomic E-state index is -0.239. The molecule has 0 unspecified atom stereocenters. The van der Waals surface area contributed by atoms with Gasteiger partial charge in [-0.15, -0.1) is 0 Å². The van der Waals surface area contributed by atoms with Gasteiger partial charge in [-0.1, -0.05) is 24.1 Å². The smallest absolute Gasteiger partial charge is 0.225 e. The molecule has 23 heavy (non-hydrogen) atoms. The number of halogens is 2. The number of carbonyl (C=O) groups is 1. The average Bonchev–Trinajstić information content (AvgIpc) is 2.49. The topological polar surface area (TPSA) is 23.6 Å². The first-order valence-electron chi connectivity index (χ1n) is 8.48. The maximum Gasteiger partial charge on any atom is 0.225 e. The van der Waals surface area contributed by atoms with Gasteiger partial charge in [0, 0.05) is 49.2 Å². The van der Waals surface area contributed by atoms with Crippen LogP contribution in [-0.2, 0) is 11.3 Å². The van der Waals surface area contributed by atoms with Crippen molar-refractivity contribution in [3.63, 3.8) is 0 Å². The molecule has 1 aliphatic carbocycles. The zero-order valence-electron chi connectivity index (χ0n) is 13.6. The summed E-state index contributed by atoms with van der Waals surface area (Å²) in [4.78, 5) is 16.5. The van der Waals surface area contributed by atoms with Crippen LogP contribution >= 0.6 is 11.6 Å². The minimum Gasteiger partial charge on any atom is -0.342 e. The fraction of sp³-hybridized carbons (Fsp3) is 0.611. The zero-order chi connectivity index (χ0) is 16.4. The Hall–Kier alpha value is -1.13. The zero-order valence-corrected chi connectivity index (χ0v) is 14.4. The van der Waals surface area contributed by atoms with Gasteiger partial charge in [-0.25, -0.2) is 4.39 Å². The summed E-state index contributed by atoms with van der Waals surface area (Å²) in [6, 6.07) is 5.14. The van der Waals surface area contributed by atoms with Crippen LogP contribution < -0.4 is 0 Å². The fourth-order valence-corrected chi connectivity index (χ4v) is 3.72. The minimum absolute atomic E-state index is 0.239. The summed E-state index contributed by atoms with van der Waals surface area (Å²) >= 11 is 6.11. The Kier molecular flexibility index (Phi) is 5.22. The molecule has 0 N–H and O–H groups in total. The second-order valence-corrected chi connectivity index (χ2v) is 7.19. The maximum absolute atomic E-state index is 13.9. The van der Waals surface area contributed by atoms with Crippen LogP contribution in [0.2, 0.25) is 5.02 Å². The van der Waals surface area contributed by atoms with Gasteiger partial charge in [0.2, 0.25) is 5.91 Å². The molecule has 1 saturated carbocycles. The van der Waals surface area contributed by atoms with Crippen LogP contribution in [-0.4, -0.2) is 41.9 Å². The molecule has 1 aromatic carbocycles. The molecule has 0 spiro atoms. The van der Waals surface area contributed by atoms with Crippen molar-refractivity contribution in [2.45, 2.75) is 44.7 Å². The van der Waals surface area contributed by atoms with Crippen molar-refractivity contribution in [3.05, 3.63) is 34.6 Å². The second kappa shape index (κ2) is 7.18. The van der Waals surface area contributed by atoms with Crippen molar-refractivity contribution < 1.29 is 9.18 Å². The first kappa shape index (κ1) is 16.7. The van der Waals surface area contributed by atoms with E-state index in [0.717, 1.165) is 38.8 Å². The van der Waals surface area contributed by atoms with Crippen LogP contribution in [0.25, 0.3) is 0 Å². The van der Waals surface area contributed by atoms with Gasteiger partial charge in [0.05, 0.1) is 0 Å². The highest BCUT2D eigenvalue weighted by atomic mass is 35.5. The van der Waals surface area contributed by atoms with Gasteiger partial charge in [-0.05, 0) is 37.8 Å². The standard InChI is InChI=1S/C18H24ClFN2O/c1-21(18(23)13-4-2-5-13)14-8-10-22(11-9-14)12-15-16(19)6-3-7-17(15)20/h3,6-7,13-14H,2,4-5,8-12H2,1H3. The summed E-state index contributed by atoms with van der Waals surface area (Å²) in [5, 5.41) is 0.490. The van der Waals surface area contributed by atoms with Gasteiger partial charge in [-0.2, -0.15) is 0 Å². The molecule has 2 fully saturated rings. The molecule has 1 saturated heterocycles. The Morgan fingerprint density at radius 3 is 2.57 bits per heavy atom. The highest BCUT2D eigenvalue weighted by Crippen LogP contribution is 2.30. The van der Waals surface area contributed by atoms with Gasteiger partial charge < -0.3 is 4.90 Å². The van der Waals surface area contributed by atoms with Gasteiger partial charge >= 0.3 is 0 Å². The van der Waals surface area contributed by atoms with E-state index in [9.17, 15) is 9.18 Å². The molecule has 0 aromatic heterocycles. The van der Waals surface area contributed by atoms with E-state index < -0.39 is 0 Å². The van der Waals surface area contributed by atoms with E-state index in [1.54, 1.807) is 12.1 Å². The molecule has 3 rings (SSSR count). The second-order valence-electron chi connectivity index (χ2n) is 6.78. The van der Waals surface area contributed by atoms with E-state index in [0.29, 0.717) is 29.1 Å². The van der Waals surface area contributed by atoms with E-state index >= 15 is 0 Å². The van der Waals surface area contributed by atoms with Crippen molar-refractivity contribution in [2.75, 3.05) is 20.1 Å². The molecular formula is C18H24ClFN2O. The van der Waals surface area contributed by atoms with Crippen molar-refractivity contribution in [3.8, 4) is 0 Å². The third kappa shape index (κ3) is 3.69. The van der Waals surface area contributed by atoms with Crippen molar-refractivity contribution in [1.82, 2.24) is 9.80 Å². The highest BCUT2D eigenvalue weighted by Gasteiger charge is 2.32. The van der Waals surface area contributed by atoms with Crippen molar-refractivity contribution in [1.29, 1.82) is 0 Å². The van der Waals surface area contributed by atoms with E-state index in [-0.39, 0.29) is 11.7 Å². The van der Waals surface area contributed by atoms with Crippen LogP contribution in [0.15, 0.2) is 18.2 Å². The average molecular weight is 339 g/mol. The Labute approximate surface area is 142 Å². The van der Waals surface area contributed by atoms with E-state index in [1.165, 1.54) is 12.5 Å². The van der Waals surface area contributed by atoms with Crippen LogP contribution in [0.1, 0.15) is 37.7 Å². The molecule has 1 aromatic rings.